The van der Waals surface area contributed by atoms with E-state index < -0.39 is 0 Å². The lowest BCUT2D eigenvalue weighted by Gasteiger charge is -2.11. The van der Waals surface area contributed by atoms with E-state index in [-0.39, 0.29) is 0 Å². The van der Waals surface area contributed by atoms with Gasteiger partial charge in [-0.05, 0) is 103 Å². The Morgan fingerprint density at radius 1 is 0.909 bits per heavy atom. The molecule has 0 fully saturated rings. The van der Waals surface area contributed by atoms with Crippen molar-refractivity contribution in [1.82, 2.24) is 9.88 Å². The predicted octanol–water partition coefficient (Wildman–Crippen LogP) is 5.74. The minimum atomic E-state index is 0.677. The minimum Gasteiger partial charge on any atom is -0.492 e. The average molecular weight is 436 g/mol. The molecule has 0 saturated carbocycles. The quantitative estimate of drug-likeness (QED) is 0.475. The van der Waals surface area contributed by atoms with Crippen LogP contribution < -0.4 is 4.74 Å². The highest BCUT2D eigenvalue weighted by atomic mass is 16.5. The number of ether oxygens (including phenoxy) is 1. The fraction of sp³-hybridized carbons (Fsp3) is 0.241. The summed E-state index contributed by atoms with van der Waals surface area (Å²) in [5.74, 6) is 0.889. The fourth-order valence-corrected chi connectivity index (χ4v) is 4.49. The number of fused-ring (bicyclic) bond motifs is 1. The van der Waals surface area contributed by atoms with Gasteiger partial charge < -0.3 is 9.64 Å². The maximum Gasteiger partial charge on any atom is 0.119 e. The van der Waals surface area contributed by atoms with E-state index in [4.69, 9.17) is 9.73 Å². The molecule has 4 heteroatoms. The van der Waals surface area contributed by atoms with E-state index >= 15 is 0 Å². The first-order chi connectivity index (χ1) is 16.1. The second-order valence-corrected chi connectivity index (χ2v) is 8.95. The van der Waals surface area contributed by atoms with E-state index in [1.807, 2.05) is 38.6 Å². The van der Waals surface area contributed by atoms with E-state index in [0.717, 1.165) is 48.5 Å². The molecule has 3 aromatic rings. The molecular weight excluding hydrogens is 406 g/mol. The van der Waals surface area contributed by atoms with E-state index in [9.17, 15) is 0 Å². The Balaban J connectivity index is 1.45. The number of aliphatic imine (C=N–C) groups is 1. The molecule has 0 amide bonds. The number of benzene rings is 2. The number of hydrogen-bond donors (Lipinski definition) is 0. The second kappa shape index (κ2) is 9.16. The zero-order valence-electron chi connectivity index (χ0n) is 19.3. The molecule has 1 aliphatic heterocycles. The first-order valence-corrected chi connectivity index (χ1v) is 11.5. The summed E-state index contributed by atoms with van der Waals surface area (Å²) in [6.07, 6.45) is 6.61. The molecule has 1 aliphatic carbocycles. The summed E-state index contributed by atoms with van der Waals surface area (Å²) >= 11 is 0. The van der Waals surface area contributed by atoms with E-state index in [2.05, 4.69) is 58.9 Å². The lowest BCUT2D eigenvalue weighted by Crippen LogP contribution is -2.19. The SMILES string of the molecule is C=C1CCc2cc(C3=C(c4ccncc4)CC(c4ccc(OCCN(C)C)cc4)=N3)ccc21. The van der Waals surface area contributed by atoms with E-state index in [1.165, 1.54) is 33.4 Å². The van der Waals surface area contributed by atoms with Gasteiger partial charge in [-0.2, -0.15) is 0 Å². The van der Waals surface area contributed by atoms with Gasteiger partial charge in [-0.1, -0.05) is 18.7 Å². The second-order valence-electron chi connectivity index (χ2n) is 8.95. The third kappa shape index (κ3) is 4.53. The topological polar surface area (TPSA) is 37.7 Å². The standard InChI is InChI=1S/C29H29N3O/c1-20-4-5-23-18-24(8-11-26(20)23)29-27(21-12-14-30-15-13-21)19-28(31-29)22-6-9-25(10-7-22)33-17-16-32(2)3/h6-15,18H,1,4-5,16-17,19H2,2-3H3. The smallest absolute Gasteiger partial charge is 0.119 e. The minimum absolute atomic E-state index is 0.677. The number of nitrogens with zero attached hydrogens (tertiary/aromatic N) is 3. The largest absolute Gasteiger partial charge is 0.492 e. The molecule has 5 rings (SSSR count). The number of likely N-dealkylation sites (N-methyl/N-ethyl adjacent to an activating group) is 1. The van der Waals surface area contributed by atoms with Crippen LogP contribution >= 0.6 is 0 Å². The third-order valence-corrected chi connectivity index (χ3v) is 6.36. The van der Waals surface area contributed by atoms with Gasteiger partial charge in [0.25, 0.3) is 0 Å². The molecule has 0 N–H and O–H groups in total. The summed E-state index contributed by atoms with van der Waals surface area (Å²) in [7, 11) is 4.10. The van der Waals surface area contributed by atoms with Crippen LogP contribution in [0.25, 0.3) is 16.8 Å². The van der Waals surface area contributed by atoms with Crippen LogP contribution in [0.1, 0.15) is 40.7 Å². The van der Waals surface area contributed by atoms with Crippen LogP contribution in [-0.2, 0) is 6.42 Å². The summed E-state index contributed by atoms with van der Waals surface area (Å²) in [6.45, 7) is 5.78. The van der Waals surface area contributed by atoms with Crippen molar-refractivity contribution in [3.8, 4) is 5.75 Å². The number of pyridine rings is 1. The van der Waals surface area contributed by atoms with Gasteiger partial charge >= 0.3 is 0 Å². The number of rotatable bonds is 7. The molecule has 166 valence electrons. The van der Waals surface area contributed by atoms with Crippen LogP contribution in [0, 0.1) is 0 Å². The van der Waals surface area contributed by atoms with Gasteiger partial charge in [0.2, 0.25) is 0 Å². The van der Waals surface area contributed by atoms with Gasteiger partial charge in [0, 0.05) is 30.9 Å². The highest BCUT2D eigenvalue weighted by Gasteiger charge is 2.23. The van der Waals surface area contributed by atoms with Gasteiger partial charge in [-0.25, -0.2) is 0 Å². The molecule has 0 spiro atoms. The first-order valence-electron chi connectivity index (χ1n) is 11.5. The summed E-state index contributed by atoms with van der Waals surface area (Å²) < 4.78 is 5.86. The first kappa shape index (κ1) is 21.4. The van der Waals surface area contributed by atoms with Crippen molar-refractivity contribution in [2.24, 2.45) is 4.99 Å². The zero-order valence-corrected chi connectivity index (χ0v) is 19.3. The summed E-state index contributed by atoms with van der Waals surface area (Å²) in [6, 6.07) is 19.2. The Morgan fingerprint density at radius 3 is 2.42 bits per heavy atom. The molecule has 2 aliphatic rings. The van der Waals surface area contributed by atoms with Gasteiger partial charge in [0.05, 0.1) is 11.4 Å². The van der Waals surface area contributed by atoms with Crippen LogP contribution in [0.4, 0.5) is 0 Å². The van der Waals surface area contributed by atoms with Crippen molar-refractivity contribution in [3.05, 3.63) is 101 Å². The molecule has 2 heterocycles. The molecule has 4 nitrogen and oxygen atoms in total. The number of aryl methyl sites for hydroxylation is 1. The van der Waals surface area contributed by atoms with Crippen molar-refractivity contribution in [3.63, 3.8) is 0 Å². The monoisotopic (exact) mass is 435 g/mol. The van der Waals surface area contributed by atoms with Crippen molar-refractivity contribution in [2.45, 2.75) is 19.3 Å². The normalized spacial score (nSPS) is 15.2. The number of hydrogen-bond acceptors (Lipinski definition) is 4. The predicted molar refractivity (Wildman–Crippen MR) is 136 cm³/mol. The lowest BCUT2D eigenvalue weighted by atomic mass is 9.95. The van der Waals surface area contributed by atoms with Crippen molar-refractivity contribution < 1.29 is 4.74 Å². The van der Waals surface area contributed by atoms with E-state index in [0.29, 0.717) is 6.61 Å². The zero-order chi connectivity index (χ0) is 22.8. The molecular formula is C29H29N3O. The summed E-state index contributed by atoms with van der Waals surface area (Å²) in [5.41, 5.74) is 10.8. The Hall–Kier alpha value is -3.50. The summed E-state index contributed by atoms with van der Waals surface area (Å²) in [5, 5.41) is 0. The van der Waals surface area contributed by atoms with Crippen molar-refractivity contribution >= 4 is 22.6 Å². The Labute approximate surface area is 196 Å². The van der Waals surface area contributed by atoms with Crippen LogP contribution in [0.2, 0.25) is 0 Å². The Bertz CT molecular complexity index is 1240. The number of allylic oxidation sites excluding steroid dienone is 2. The molecule has 1 aromatic heterocycles. The van der Waals surface area contributed by atoms with Crippen LogP contribution in [0.5, 0.6) is 5.75 Å². The Kier molecular flexibility index (Phi) is 5.93. The van der Waals surface area contributed by atoms with Gasteiger partial charge in [-0.15, -0.1) is 0 Å². The molecule has 0 unspecified atom stereocenters. The maximum absolute atomic E-state index is 5.86. The fourth-order valence-electron chi connectivity index (χ4n) is 4.49. The highest BCUT2D eigenvalue weighted by Crippen LogP contribution is 2.39. The molecule has 0 saturated heterocycles. The molecule has 0 bridgehead atoms. The Morgan fingerprint density at radius 2 is 1.67 bits per heavy atom. The molecule has 2 aromatic carbocycles. The van der Waals surface area contributed by atoms with Crippen molar-refractivity contribution in [2.75, 3.05) is 27.2 Å². The average Bonchev–Trinajstić information content (AvgIpc) is 3.44. The maximum atomic E-state index is 5.86. The summed E-state index contributed by atoms with van der Waals surface area (Å²) in [4.78, 5) is 11.5. The van der Waals surface area contributed by atoms with Crippen LogP contribution in [0.15, 0.2) is 78.6 Å². The molecule has 0 atom stereocenters. The van der Waals surface area contributed by atoms with E-state index in [1.54, 1.807) is 0 Å². The van der Waals surface area contributed by atoms with Gasteiger partial charge in [0.1, 0.15) is 12.4 Å². The van der Waals surface area contributed by atoms with Crippen molar-refractivity contribution in [1.29, 1.82) is 0 Å². The number of aromatic nitrogens is 1. The molecule has 33 heavy (non-hydrogen) atoms. The van der Waals surface area contributed by atoms with Gasteiger partial charge in [0.15, 0.2) is 0 Å². The third-order valence-electron chi connectivity index (χ3n) is 6.36. The highest BCUT2D eigenvalue weighted by molar-refractivity contribution is 6.16. The van der Waals surface area contributed by atoms with Gasteiger partial charge in [-0.3, -0.25) is 9.98 Å². The molecule has 0 radical (unpaired) electrons. The van der Waals surface area contributed by atoms with Crippen LogP contribution in [-0.4, -0.2) is 42.8 Å². The van der Waals surface area contributed by atoms with Crippen LogP contribution in [0.3, 0.4) is 0 Å². The lowest BCUT2D eigenvalue weighted by molar-refractivity contribution is 0.261.